The predicted octanol–water partition coefficient (Wildman–Crippen LogP) is 8.76. The van der Waals surface area contributed by atoms with Crippen molar-refractivity contribution in [1.29, 1.82) is 0 Å². The summed E-state index contributed by atoms with van der Waals surface area (Å²) in [4.78, 5) is 4.73. The van der Waals surface area contributed by atoms with E-state index in [1.54, 1.807) is 6.07 Å². The van der Waals surface area contributed by atoms with Gasteiger partial charge in [-0.05, 0) is 87.1 Å². The van der Waals surface area contributed by atoms with Gasteiger partial charge in [-0.3, -0.25) is 0 Å². The number of nitrogens with zero attached hydrogens (tertiary/aromatic N) is 2. The van der Waals surface area contributed by atoms with Gasteiger partial charge in [0, 0.05) is 10.9 Å². The van der Waals surface area contributed by atoms with Crippen LogP contribution in [0, 0.1) is 23.6 Å². The first-order chi connectivity index (χ1) is 17.8. The lowest BCUT2D eigenvalue weighted by atomic mass is 9.80. The topological polar surface area (TPSA) is 26.0 Å². The molecule has 6 rings (SSSR count). The van der Waals surface area contributed by atoms with Gasteiger partial charge in [0.2, 0.25) is 0 Å². The Hall–Kier alpha value is -3.53. The molecule has 0 unspecified atom stereocenters. The molecule has 4 aromatic carbocycles. The van der Waals surface area contributed by atoms with E-state index in [1.807, 2.05) is 18.5 Å². The third-order valence-electron chi connectivity index (χ3n) is 7.56. The summed E-state index contributed by atoms with van der Waals surface area (Å²) in [6, 6.07) is 13.9. The highest BCUT2D eigenvalue weighted by Crippen LogP contribution is 2.53. The first-order valence-corrected chi connectivity index (χ1v) is 13.5. The molecule has 194 valence electrons. The second-order valence-corrected chi connectivity index (χ2v) is 13.4. The molecule has 1 aliphatic rings. The second kappa shape index (κ2) is 8.23. The number of benzene rings is 4. The fourth-order valence-corrected chi connectivity index (χ4v) is 6.12. The number of aryl methyl sites for hydroxylation is 2. The molecular formula is C34H36FN2O+. The van der Waals surface area contributed by atoms with Crippen molar-refractivity contribution >= 4 is 32.4 Å². The Morgan fingerprint density at radius 2 is 1.55 bits per heavy atom. The van der Waals surface area contributed by atoms with Gasteiger partial charge in [-0.25, -0.2) is 8.96 Å². The van der Waals surface area contributed by atoms with Gasteiger partial charge >= 0.3 is 0 Å². The standard InChI is InChI=1S/C34H36FN2O/c1-19-25-13-20(16-33(2,3)4)9-11-24(25)26(17-34(5,6)7)32-28(19)30-29-27(36-18-37(30)8)15-21-14-22(35)10-12-23(21)31(29)38-32/h9-15,18H,16-17H2,1-8H3/q+1. The largest absolute Gasteiger partial charge is 0.455 e. The first-order valence-electron chi connectivity index (χ1n) is 13.5. The Kier molecular flexibility index (Phi) is 5.37. The van der Waals surface area contributed by atoms with Crippen molar-refractivity contribution in [3.05, 3.63) is 71.3 Å². The fraction of sp³-hybridized carbons (Fsp3) is 0.353. The highest BCUT2D eigenvalue weighted by atomic mass is 19.1. The molecule has 0 aliphatic carbocycles. The van der Waals surface area contributed by atoms with Crippen LogP contribution in [0.1, 0.15) is 58.2 Å². The van der Waals surface area contributed by atoms with Gasteiger partial charge in [0.15, 0.2) is 17.0 Å². The third-order valence-corrected chi connectivity index (χ3v) is 7.56. The van der Waals surface area contributed by atoms with E-state index in [9.17, 15) is 4.39 Å². The van der Waals surface area contributed by atoms with Crippen LogP contribution < -0.4 is 9.30 Å². The molecule has 0 radical (unpaired) electrons. The Morgan fingerprint density at radius 1 is 0.842 bits per heavy atom. The molecule has 2 heterocycles. The summed E-state index contributed by atoms with van der Waals surface area (Å²) in [5.74, 6) is 1.42. The number of hydrogen-bond acceptors (Lipinski definition) is 2. The summed E-state index contributed by atoms with van der Waals surface area (Å²) < 4.78 is 23.3. The van der Waals surface area contributed by atoms with Crippen LogP contribution in [0.25, 0.3) is 43.7 Å². The number of fused-ring (bicyclic) bond motifs is 5. The minimum absolute atomic E-state index is 0.0569. The molecule has 1 aromatic heterocycles. The molecule has 0 atom stereocenters. The fourth-order valence-electron chi connectivity index (χ4n) is 6.12. The number of ether oxygens (including phenoxy) is 1. The van der Waals surface area contributed by atoms with E-state index in [4.69, 9.17) is 9.72 Å². The van der Waals surface area contributed by atoms with Crippen LogP contribution in [0.5, 0.6) is 11.5 Å². The van der Waals surface area contributed by atoms with Gasteiger partial charge in [-0.2, -0.15) is 0 Å². The van der Waals surface area contributed by atoms with Crippen molar-refractivity contribution in [2.24, 2.45) is 17.9 Å². The number of aromatic nitrogens is 2. The molecular weight excluding hydrogens is 471 g/mol. The Morgan fingerprint density at radius 3 is 2.26 bits per heavy atom. The quantitative estimate of drug-likeness (QED) is 0.173. The molecule has 0 amide bonds. The Labute approximate surface area is 224 Å². The molecule has 0 saturated carbocycles. The van der Waals surface area contributed by atoms with E-state index in [-0.39, 0.29) is 16.6 Å². The Bertz CT molecular complexity index is 1790. The van der Waals surface area contributed by atoms with Gasteiger partial charge in [-0.1, -0.05) is 59.7 Å². The third kappa shape index (κ3) is 4.02. The van der Waals surface area contributed by atoms with Gasteiger partial charge in [-0.15, -0.1) is 0 Å². The maximum atomic E-state index is 14.2. The van der Waals surface area contributed by atoms with E-state index < -0.39 is 0 Å². The molecule has 0 spiro atoms. The van der Waals surface area contributed by atoms with E-state index in [0.717, 1.165) is 57.3 Å². The molecule has 38 heavy (non-hydrogen) atoms. The van der Waals surface area contributed by atoms with Crippen LogP contribution in [0.4, 0.5) is 4.39 Å². The van der Waals surface area contributed by atoms with Gasteiger partial charge in [0.05, 0.1) is 12.6 Å². The van der Waals surface area contributed by atoms with Gasteiger partial charge < -0.3 is 4.74 Å². The highest BCUT2D eigenvalue weighted by Gasteiger charge is 2.34. The van der Waals surface area contributed by atoms with E-state index in [0.29, 0.717) is 0 Å². The van der Waals surface area contributed by atoms with E-state index in [1.165, 1.54) is 33.5 Å². The molecule has 0 fully saturated rings. The summed E-state index contributed by atoms with van der Waals surface area (Å²) in [5, 5.41) is 5.21. The molecule has 0 N–H and O–H groups in total. The second-order valence-electron chi connectivity index (χ2n) is 13.4. The van der Waals surface area contributed by atoms with Crippen molar-refractivity contribution in [2.45, 2.75) is 61.3 Å². The predicted molar refractivity (Wildman–Crippen MR) is 154 cm³/mol. The smallest absolute Gasteiger partial charge is 0.287 e. The van der Waals surface area contributed by atoms with Crippen LogP contribution in [-0.2, 0) is 19.9 Å². The van der Waals surface area contributed by atoms with Crippen molar-refractivity contribution in [3.63, 3.8) is 0 Å². The maximum absolute atomic E-state index is 14.2. The zero-order chi connectivity index (χ0) is 27.1. The number of halogens is 1. The minimum atomic E-state index is -0.261. The molecule has 0 saturated heterocycles. The average Bonchev–Trinajstić information content (AvgIpc) is 2.81. The normalized spacial score (nSPS) is 13.3. The summed E-state index contributed by atoms with van der Waals surface area (Å²) >= 11 is 0. The average molecular weight is 508 g/mol. The van der Waals surface area contributed by atoms with Crippen LogP contribution in [0.15, 0.2) is 48.8 Å². The van der Waals surface area contributed by atoms with Crippen LogP contribution in [0.2, 0.25) is 0 Å². The van der Waals surface area contributed by atoms with Crippen molar-refractivity contribution in [2.75, 3.05) is 0 Å². The number of hydrogen-bond donors (Lipinski definition) is 0. The summed E-state index contributed by atoms with van der Waals surface area (Å²) in [6.45, 7) is 15.9. The first kappa shape index (κ1) is 24.8. The number of rotatable bonds is 2. The van der Waals surface area contributed by atoms with Crippen LogP contribution in [0.3, 0.4) is 0 Å². The monoisotopic (exact) mass is 507 g/mol. The van der Waals surface area contributed by atoms with Crippen molar-refractivity contribution in [1.82, 2.24) is 4.98 Å². The lowest BCUT2D eigenvalue weighted by molar-refractivity contribution is -0.662. The van der Waals surface area contributed by atoms with Crippen LogP contribution in [-0.4, -0.2) is 4.98 Å². The lowest BCUT2D eigenvalue weighted by Gasteiger charge is -2.29. The Balaban J connectivity index is 1.76. The SMILES string of the molecule is Cc1c2c(c(CC(C)(C)C)c3ccc(CC(C)(C)C)cc13)Oc1c3ccc(F)cc3cc3nc[n+](C)c-2c13. The van der Waals surface area contributed by atoms with Crippen LogP contribution >= 0.6 is 0 Å². The molecule has 1 aliphatic heterocycles. The maximum Gasteiger partial charge on any atom is 0.287 e. The summed E-state index contributed by atoms with van der Waals surface area (Å²) in [7, 11) is 2.05. The van der Waals surface area contributed by atoms with E-state index in [2.05, 4.69) is 78.3 Å². The zero-order valence-corrected chi connectivity index (χ0v) is 23.7. The lowest BCUT2D eigenvalue weighted by Crippen LogP contribution is -2.33. The van der Waals surface area contributed by atoms with Crippen molar-refractivity contribution in [3.8, 4) is 22.8 Å². The van der Waals surface area contributed by atoms with Gasteiger partial charge in [0.1, 0.15) is 17.0 Å². The molecule has 4 heteroatoms. The summed E-state index contributed by atoms with van der Waals surface area (Å²) in [5.41, 5.74) is 7.11. The molecule has 0 bridgehead atoms. The van der Waals surface area contributed by atoms with E-state index >= 15 is 0 Å². The minimum Gasteiger partial charge on any atom is -0.455 e. The highest BCUT2D eigenvalue weighted by molar-refractivity contribution is 6.12. The van der Waals surface area contributed by atoms with Gasteiger partial charge in [0.25, 0.3) is 6.33 Å². The van der Waals surface area contributed by atoms with Crippen molar-refractivity contribution < 1.29 is 13.7 Å². The summed E-state index contributed by atoms with van der Waals surface area (Å²) in [6.07, 6.45) is 3.76. The molecule has 3 nitrogen and oxygen atoms in total. The zero-order valence-electron chi connectivity index (χ0n) is 23.7. The molecule has 5 aromatic rings.